The molecule has 4 aromatic rings. The zero-order valence-electron chi connectivity index (χ0n) is 17.5. The van der Waals surface area contributed by atoms with Crippen LogP contribution < -0.4 is 16.0 Å². The second-order valence-electron chi connectivity index (χ2n) is 8.04. The Labute approximate surface area is 178 Å². The van der Waals surface area contributed by atoms with Crippen LogP contribution in [0, 0.1) is 5.41 Å². The molecule has 31 heavy (non-hydrogen) atoms. The average Bonchev–Trinajstić information content (AvgIpc) is 3.20. The van der Waals surface area contributed by atoms with Crippen molar-refractivity contribution in [3.63, 3.8) is 0 Å². The molecule has 0 aliphatic heterocycles. The molecule has 1 aliphatic rings. The maximum atomic E-state index is 12.0. The van der Waals surface area contributed by atoms with Crippen molar-refractivity contribution in [2.75, 3.05) is 24.7 Å². The molecule has 1 fully saturated rings. The van der Waals surface area contributed by atoms with Crippen LogP contribution >= 0.6 is 0 Å². The predicted molar refractivity (Wildman–Crippen MR) is 118 cm³/mol. The second-order valence-corrected chi connectivity index (χ2v) is 8.04. The van der Waals surface area contributed by atoms with E-state index in [-0.39, 0.29) is 17.4 Å². The number of carbonyl (C=O) groups excluding carboxylic acids is 1. The standard InChI is InChI=1S/C21H23N9O/c1-21(19(31)23-3)10-12(11-21)26-20-28-18(22-2)16-13(6-9-30(16)29-20)14-4-5-15-17(27-14)25-8-7-24-15/h4-9,12H,10-11H2,1-3H3,(H,23,31)(H2,22,26,28,29). The highest BCUT2D eigenvalue weighted by molar-refractivity contribution is 5.89. The van der Waals surface area contributed by atoms with Gasteiger partial charge >= 0.3 is 0 Å². The Bertz CT molecular complexity index is 1290. The Morgan fingerprint density at radius 3 is 2.71 bits per heavy atom. The van der Waals surface area contributed by atoms with Crippen LogP contribution in [-0.4, -0.2) is 55.6 Å². The molecule has 158 valence electrons. The summed E-state index contributed by atoms with van der Waals surface area (Å²) in [5.74, 6) is 1.27. The first kappa shape index (κ1) is 19.2. The van der Waals surface area contributed by atoms with Crippen LogP contribution in [0.25, 0.3) is 27.9 Å². The van der Waals surface area contributed by atoms with E-state index in [4.69, 9.17) is 0 Å². The highest BCUT2D eigenvalue weighted by Gasteiger charge is 2.46. The summed E-state index contributed by atoms with van der Waals surface area (Å²) >= 11 is 0. The van der Waals surface area contributed by atoms with Crippen molar-refractivity contribution in [1.82, 2.24) is 34.9 Å². The van der Waals surface area contributed by atoms with Crippen molar-refractivity contribution in [2.24, 2.45) is 5.41 Å². The van der Waals surface area contributed by atoms with Crippen molar-refractivity contribution >= 4 is 34.4 Å². The van der Waals surface area contributed by atoms with Gasteiger partial charge in [0.1, 0.15) is 11.0 Å². The van der Waals surface area contributed by atoms with Gasteiger partial charge in [0, 0.05) is 44.3 Å². The van der Waals surface area contributed by atoms with E-state index in [1.54, 1.807) is 24.0 Å². The number of nitrogens with one attached hydrogen (secondary N) is 3. The van der Waals surface area contributed by atoms with Gasteiger partial charge in [-0.1, -0.05) is 6.92 Å². The molecule has 1 aliphatic carbocycles. The van der Waals surface area contributed by atoms with Gasteiger partial charge in [0.05, 0.1) is 11.1 Å². The number of amides is 1. The minimum atomic E-state index is -0.340. The lowest BCUT2D eigenvalue weighted by molar-refractivity contribution is -0.134. The summed E-state index contributed by atoms with van der Waals surface area (Å²) in [7, 11) is 3.50. The molecule has 0 spiro atoms. The van der Waals surface area contributed by atoms with E-state index in [9.17, 15) is 4.79 Å². The SMILES string of the molecule is CNC(=O)C1(C)CC(Nc2nc(NC)c3c(-c4ccc5nccnc5n4)ccn3n2)C1. The number of hydrogen-bond donors (Lipinski definition) is 3. The molecule has 0 bridgehead atoms. The Morgan fingerprint density at radius 1 is 1.13 bits per heavy atom. The zero-order chi connectivity index (χ0) is 21.6. The highest BCUT2D eigenvalue weighted by Crippen LogP contribution is 2.42. The maximum Gasteiger partial charge on any atom is 0.243 e. The third-order valence-corrected chi connectivity index (χ3v) is 5.86. The van der Waals surface area contributed by atoms with Gasteiger partial charge in [-0.3, -0.25) is 9.78 Å². The fourth-order valence-corrected chi connectivity index (χ4v) is 4.27. The Balaban J connectivity index is 1.46. The van der Waals surface area contributed by atoms with Crippen molar-refractivity contribution in [1.29, 1.82) is 0 Å². The molecule has 10 heteroatoms. The minimum absolute atomic E-state index is 0.0699. The number of hydrogen-bond acceptors (Lipinski definition) is 8. The lowest BCUT2D eigenvalue weighted by atomic mass is 9.66. The van der Waals surface area contributed by atoms with Crippen LogP contribution in [0.4, 0.5) is 11.8 Å². The van der Waals surface area contributed by atoms with Crippen LogP contribution in [0.5, 0.6) is 0 Å². The maximum absolute atomic E-state index is 12.0. The van der Waals surface area contributed by atoms with E-state index in [2.05, 4.69) is 41.0 Å². The summed E-state index contributed by atoms with van der Waals surface area (Å²) in [6, 6.07) is 5.95. The van der Waals surface area contributed by atoms with Gasteiger partial charge in [-0.15, -0.1) is 5.10 Å². The van der Waals surface area contributed by atoms with Crippen LogP contribution in [-0.2, 0) is 4.79 Å². The Morgan fingerprint density at radius 2 is 1.94 bits per heavy atom. The van der Waals surface area contributed by atoms with Crippen molar-refractivity contribution in [3.05, 3.63) is 36.8 Å². The molecule has 0 aromatic carbocycles. The number of rotatable bonds is 5. The van der Waals surface area contributed by atoms with E-state index in [1.165, 1.54) is 0 Å². The third kappa shape index (κ3) is 3.20. The molecular formula is C21H23N9O. The summed E-state index contributed by atoms with van der Waals surface area (Å²) in [6.07, 6.45) is 6.64. The van der Waals surface area contributed by atoms with Crippen molar-refractivity contribution in [3.8, 4) is 11.3 Å². The second kappa shape index (κ2) is 7.15. The van der Waals surface area contributed by atoms with Gasteiger partial charge in [0.15, 0.2) is 11.5 Å². The Hall–Kier alpha value is -3.82. The van der Waals surface area contributed by atoms with Gasteiger partial charge in [0.2, 0.25) is 11.9 Å². The fourth-order valence-electron chi connectivity index (χ4n) is 4.27. The fraction of sp³-hybridized carbons (Fsp3) is 0.333. The number of carbonyl (C=O) groups is 1. The minimum Gasteiger partial charge on any atom is -0.371 e. The Kier molecular flexibility index (Phi) is 4.42. The zero-order valence-corrected chi connectivity index (χ0v) is 17.5. The highest BCUT2D eigenvalue weighted by atomic mass is 16.2. The predicted octanol–water partition coefficient (Wildman–Crippen LogP) is 2.10. The summed E-state index contributed by atoms with van der Waals surface area (Å²) < 4.78 is 1.79. The molecule has 1 saturated carbocycles. The summed E-state index contributed by atoms with van der Waals surface area (Å²) in [5.41, 5.74) is 3.50. The van der Waals surface area contributed by atoms with Gasteiger partial charge in [-0.05, 0) is 31.0 Å². The van der Waals surface area contributed by atoms with Crippen LogP contribution in [0.1, 0.15) is 19.8 Å². The molecule has 4 heterocycles. The van der Waals surface area contributed by atoms with Gasteiger partial charge in [-0.25, -0.2) is 14.5 Å². The molecule has 0 unspecified atom stereocenters. The molecule has 1 amide bonds. The number of anilines is 2. The summed E-state index contributed by atoms with van der Waals surface area (Å²) in [6.45, 7) is 1.98. The quantitative estimate of drug-likeness (QED) is 0.451. The normalized spacial score (nSPS) is 20.4. The number of pyridine rings is 1. The lowest BCUT2D eigenvalue weighted by Crippen LogP contribution is -2.51. The third-order valence-electron chi connectivity index (χ3n) is 5.86. The first-order valence-electron chi connectivity index (χ1n) is 10.1. The molecule has 5 rings (SSSR count). The van der Waals surface area contributed by atoms with E-state index in [1.807, 2.05) is 38.4 Å². The lowest BCUT2D eigenvalue weighted by Gasteiger charge is -2.43. The van der Waals surface area contributed by atoms with E-state index in [0.717, 1.165) is 35.1 Å². The topological polar surface area (TPSA) is 122 Å². The van der Waals surface area contributed by atoms with Gasteiger partial charge in [-0.2, -0.15) is 4.98 Å². The molecular weight excluding hydrogens is 394 g/mol. The monoisotopic (exact) mass is 417 g/mol. The molecule has 4 aromatic heterocycles. The summed E-state index contributed by atoms with van der Waals surface area (Å²) in [5, 5.41) is 13.9. The van der Waals surface area contributed by atoms with E-state index >= 15 is 0 Å². The van der Waals surface area contributed by atoms with Crippen molar-refractivity contribution < 1.29 is 4.79 Å². The van der Waals surface area contributed by atoms with E-state index in [0.29, 0.717) is 17.4 Å². The number of fused-ring (bicyclic) bond motifs is 2. The molecule has 0 radical (unpaired) electrons. The average molecular weight is 417 g/mol. The van der Waals surface area contributed by atoms with Crippen LogP contribution in [0.2, 0.25) is 0 Å². The summed E-state index contributed by atoms with van der Waals surface area (Å²) in [4.78, 5) is 29.9. The van der Waals surface area contributed by atoms with Crippen molar-refractivity contribution in [2.45, 2.75) is 25.8 Å². The molecule has 10 nitrogen and oxygen atoms in total. The molecule has 0 atom stereocenters. The van der Waals surface area contributed by atoms with Crippen LogP contribution in [0.15, 0.2) is 36.8 Å². The first-order valence-corrected chi connectivity index (χ1v) is 10.1. The number of nitrogens with zero attached hydrogens (tertiary/aromatic N) is 6. The molecule has 3 N–H and O–H groups in total. The van der Waals surface area contributed by atoms with Crippen LogP contribution in [0.3, 0.4) is 0 Å². The van der Waals surface area contributed by atoms with E-state index < -0.39 is 0 Å². The van der Waals surface area contributed by atoms with Gasteiger partial charge in [0.25, 0.3) is 0 Å². The van der Waals surface area contributed by atoms with Gasteiger partial charge < -0.3 is 16.0 Å². The first-order chi connectivity index (χ1) is 15.0. The largest absolute Gasteiger partial charge is 0.371 e. The smallest absolute Gasteiger partial charge is 0.243 e. The number of aromatic nitrogens is 6. The molecule has 0 saturated heterocycles.